The number of hydrogen-bond donors (Lipinski definition) is 1. The van der Waals surface area contributed by atoms with Gasteiger partial charge in [0.25, 0.3) is 0 Å². The molecule has 0 radical (unpaired) electrons. The third kappa shape index (κ3) is 1.73. The second kappa shape index (κ2) is 3.11. The monoisotopic (exact) mass is 180 g/mol. The van der Waals surface area contributed by atoms with Gasteiger partial charge in [-0.15, -0.1) is 0 Å². The van der Waals surface area contributed by atoms with Crippen molar-refractivity contribution in [2.45, 2.75) is 25.4 Å². The SMILES string of the molecule is CC(O)C1CC1c1ccc(F)cc1. The Kier molecular flexibility index (Phi) is 2.08. The molecule has 1 saturated carbocycles. The van der Waals surface area contributed by atoms with E-state index in [0.29, 0.717) is 11.8 Å². The minimum atomic E-state index is -0.241. The van der Waals surface area contributed by atoms with Gasteiger partial charge in [-0.25, -0.2) is 4.39 Å². The molecular formula is C11H13FO. The van der Waals surface area contributed by atoms with Crippen LogP contribution in [0.2, 0.25) is 0 Å². The van der Waals surface area contributed by atoms with Crippen LogP contribution >= 0.6 is 0 Å². The zero-order valence-corrected chi connectivity index (χ0v) is 7.57. The molecule has 1 aromatic rings. The molecule has 3 unspecified atom stereocenters. The molecular weight excluding hydrogens is 167 g/mol. The lowest BCUT2D eigenvalue weighted by atomic mass is 10.1. The highest BCUT2D eigenvalue weighted by Crippen LogP contribution is 2.49. The van der Waals surface area contributed by atoms with Gasteiger partial charge in [-0.2, -0.15) is 0 Å². The molecule has 3 atom stereocenters. The Morgan fingerprint density at radius 2 is 2.00 bits per heavy atom. The minimum absolute atomic E-state index is 0.196. The number of hydrogen-bond acceptors (Lipinski definition) is 1. The highest BCUT2D eigenvalue weighted by molar-refractivity contribution is 5.26. The average molecular weight is 180 g/mol. The van der Waals surface area contributed by atoms with Crippen LogP contribution in [0, 0.1) is 11.7 Å². The largest absolute Gasteiger partial charge is 0.393 e. The van der Waals surface area contributed by atoms with Crippen molar-refractivity contribution in [3.05, 3.63) is 35.6 Å². The summed E-state index contributed by atoms with van der Waals surface area (Å²) in [6.07, 6.45) is 0.790. The van der Waals surface area contributed by atoms with E-state index >= 15 is 0 Å². The Balaban J connectivity index is 2.08. The molecule has 0 amide bonds. The van der Waals surface area contributed by atoms with E-state index in [4.69, 9.17) is 0 Å². The molecule has 1 nitrogen and oxygen atoms in total. The van der Waals surface area contributed by atoms with Gasteiger partial charge in [0.2, 0.25) is 0 Å². The van der Waals surface area contributed by atoms with Crippen LogP contribution in [0.3, 0.4) is 0 Å². The quantitative estimate of drug-likeness (QED) is 0.740. The molecule has 0 aliphatic heterocycles. The van der Waals surface area contributed by atoms with E-state index < -0.39 is 0 Å². The van der Waals surface area contributed by atoms with E-state index in [-0.39, 0.29) is 11.9 Å². The Morgan fingerprint density at radius 3 is 2.46 bits per heavy atom. The van der Waals surface area contributed by atoms with Gasteiger partial charge >= 0.3 is 0 Å². The Morgan fingerprint density at radius 1 is 1.38 bits per heavy atom. The lowest BCUT2D eigenvalue weighted by Crippen LogP contribution is -2.03. The lowest BCUT2D eigenvalue weighted by molar-refractivity contribution is 0.169. The molecule has 0 bridgehead atoms. The van der Waals surface area contributed by atoms with Crippen LogP contribution < -0.4 is 0 Å². The van der Waals surface area contributed by atoms with Gasteiger partial charge in [0.1, 0.15) is 5.82 Å². The summed E-state index contributed by atoms with van der Waals surface area (Å²) < 4.78 is 12.6. The Labute approximate surface area is 77.2 Å². The summed E-state index contributed by atoms with van der Waals surface area (Å²) in [5, 5.41) is 9.30. The van der Waals surface area contributed by atoms with Gasteiger partial charge in [-0.05, 0) is 42.9 Å². The summed E-state index contributed by atoms with van der Waals surface area (Å²) >= 11 is 0. The lowest BCUT2D eigenvalue weighted by Gasteiger charge is -2.02. The number of rotatable bonds is 2. The van der Waals surface area contributed by atoms with E-state index in [0.717, 1.165) is 12.0 Å². The fourth-order valence-corrected chi connectivity index (χ4v) is 1.84. The fraction of sp³-hybridized carbons (Fsp3) is 0.455. The fourth-order valence-electron chi connectivity index (χ4n) is 1.84. The smallest absolute Gasteiger partial charge is 0.123 e. The van der Waals surface area contributed by atoms with Crippen molar-refractivity contribution in [2.24, 2.45) is 5.92 Å². The molecule has 1 N–H and O–H groups in total. The maximum atomic E-state index is 12.6. The van der Waals surface area contributed by atoms with Crippen LogP contribution in [0.1, 0.15) is 24.8 Å². The maximum absolute atomic E-state index is 12.6. The zero-order valence-electron chi connectivity index (χ0n) is 7.57. The molecule has 0 heterocycles. The summed E-state index contributed by atoms with van der Waals surface area (Å²) in [6, 6.07) is 6.57. The average Bonchev–Trinajstić information content (AvgIpc) is 2.85. The maximum Gasteiger partial charge on any atom is 0.123 e. The van der Waals surface area contributed by atoms with Gasteiger partial charge in [0, 0.05) is 0 Å². The standard InChI is InChI=1S/C11H13FO/c1-7(13)10-6-11(10)8-2-4-9(12)5-3-8/h2-5,7,10-11,13H,6H2,1H3. The van der Waals surface area contributed by atoms with E-state index in [1.54, 1.807) is 0 Å². The third-order valence-electron chi connectivity index (χ3n) is 2.76. The van der Waals surface area contributed by atoms with Crippen LogP contribution in [0.4, 0.5) is 4.39 Å². The van der Waals surface area contributed by atoms with Gasteiger partial charge in [-0.1, -0.05) is 12.1 Å². The molecule has 2 rings (SSSR count). The van der Waals surface area contributed by atoms with Crippen molar-refractivity contribution >= 4 is 0 Å². The predicted molar refractivity (Wildman–Crippen MR) is 48.9 cm³/mol. The van der Waals surface area contributed by atoms with Crippen LogP contribution in [-0.2, 0) is 0 Å². The highest BCUT2D eigenvalue weighted by atomic mass is 19.1. The molecule has 0 spiro atoms. The van der Waals surface area contributed by atoms with Crippen molar-refractivity contribution in [3.63, 3.8) is 0 Å². The molecule has 0 aromatic heterocycles. The first-order valence-electron chi connectivity index (χ1n) is 4.62. The van der Waals surface area contributed by atoms with Crippen molar-refractivity contribution in [1.29, 1.82) is 0 Å². The summed E-state index contributed by atoms with van der Waals surface area (Å²) in [4.78, 5) is 0. The molecule has 1 aliphatic rings. The molecule has 2 heteroatoms. The molecule has 13 heavy (non-hydrogen) atoms. The third-order valence-corrected chi connectivity index (χ3v) is 2.76. The Hall–Kier alpha value is -0.890. The minimum Gasteiger partial charge on any atom is -0.393 e. The second-order valence-electron chi connectivity index (χ2n) is 3.80. The van der Waals surface area contributed by atoms with E-state index in [1.165, 1.54) is 12.1 Å². The van der Waals surface area contributed by atoms with Gasteiger partial charge in [0.15, 0.2) is 0 Å². The van der Waals surface area contributed by atoms with Crippen LogP contribution in [0.15, 0.2) is 24.3 Å². The van der Waals surface area contributed by atoms with Crippen molar-refractivity contribution in [3.8, 4) is 0 Å². The summed E-state index contributed by atoms with van der Waals surface area (Å²) in [6.45, 7) is 1.81. The van der Waals surface area contributed by atoms with Crippen LogP contribution in [0.25, 0.3) is 0 Å². The van der Waals surface area contributed by atoms with E-state index in [2.05, 4.69) is 0 Å². The first-order valence-corrected chi connectivity index (χ1v) is 4.62. The number of aliphatic hydroxyl groups excluding tert-OH is 1. The molecule has 1 aromatic carbocycles. The van der Waals surface area contributed by atoms with Gasteiger partial charge in [-0.3, -0.25) is 0 Å². The summed E-state index contributed by atoms with van der Waals surface area (Å²) in [5.74, 6) is 0.629. The van der Waals surface area contributed by atoms with E-state index in [9.17, 15) is 9.50 Å². The van der Waals surface area contributed by atoms with Crippen LogP contribution in [0.5, 0.6) is 0 Å². The predicted octanol–water partition coefficient (Wildman–Crippen LogP) is 2.31. The molecule has 0 saturated heterocycles. The van der Waals surface area contributed by atoms with Crippen molar-refractivity contribution in [1.82, 2.24) is 0 Å². The number of benzene rings is 1. The summed E-state index contributed by atoms with van der Waals surface area (Å²) in [7, 11) is 0. The topological polar surface area (TPSA) is 20.2 Å². The van der Waals surface area contributed by atoms with E-state index in [1.807, 2.05) is 19.1 Å². The summed E-state index contributed by atoms with van der Waals surface area (Å²) in [5.41, 5.74) is 1.15. The zero-order chi connectivity index (χ0) is 9.42. The second-order valence-corrected chi connectivity index (χ2v) is 3.80. The Bertz CT molecular complexity index is 291. The number of aliphatic hydroxyl groups is 1. The molecule has 70 valence electrons. The highest BCUT2D eigenvalue weighted by Gasteiger charge is 2.41. The first-order chi connectivity index (χ1) is 6.18. The number of halogens is 1. The van der Waals surface area contributed by atoms with Crippen molar-refractivity contribution < 1.29 is 9.50 Å². The first kappa shape index (κ1) is 8.70. The van der Waals surface area contributed by atoms with Gasteiger partial charge < -0.3 is 5.11 Å². The van der Waals surface area contributed by atoms with Crippen LogP contribution in [-0.4, -0.2) is 11.2 Å². The molecule has 1 aliphatic carbocycles. The molecule has 1 fully saturated rings. The van der Waals surface area contributed by atoms with Crippen molar-refractivity contribution in [2.75, 3.05) is 0 Å². The normalized spacial score (nSPS) is 28.5. The van der Waals surface area contributed by atoms with Gasteiger partial charge in [0.05, 0.1) is 6.10 Å².